The van der Waals surface area contributed by atoms with Crippen LogP contribution in [0.15, 0.2) is 0 Å². The van der Waals surface area contributed by atoms with Crippen LogP contribution in [-0.4, -0.2) is 38.3 Å². The Labute approximate surface area is 123 Å². The van der Waals surface area contributed by atoms with Gasteiger partial charge in [0.25, 0.3) is 0 Å². The normalized spacial score (nSPS) is 27.8. The van der Waals surface area contributed by atoms with Crippen LogP contribution in [0.5, 0.6) is 0 Å². The van der Waals surface area contributed by atoms with Gasteiger partial charge in [-0.3, -0.25) is 4.79 Å². The van der Waals surface area contributed by atoms with Crippen LogP contribution >= 0.6 is 0 Å². The quantitative estimate of drug-likeness (QED) is 0.830. The zero-order valence-electron chi connectivity index (χ0n) is 13.0. The van der Waals surface area contributed by atoms with Gasteiger partial charge in [-0.25, -0.2) is 0 Å². The highest BCUT2D eigenvalue weighted by Gasteiger charge is 2.28. The van der Waals surface area contributed by atoms with E-state index in [1.165, 1.54) is 25.7 Å². The van der Waals surface area contributed by atoms with Gasteiger partial charge in [-0.2, -0.15) is 0 Å². The molecule has 0 aromatic carbocycles. The molecule has 0 radical (unpaired) electrons. The molecule has 1 atom stereocenters. The minimum absolute atomic E-state index is 0.131. The fourth-order valence-electron chi connectivity index (χ4n) is 3.13. The largest absolute Gasteiger partial charge is 0.375 e. The van der Waals surface area contributed by atoms with Crippen molar-refractivity contribution in [3.8, 4) is 0 Å². The molecule has 1 heterocycles. The lowest BCUT2D eigenvalue weighted by atomic mass is 9.72. The molecule has 1 saturated carbocycles. The van der Waals surface area contributed by atoms with E-state index < -0.39 is 0 Å². The number of amides is 1. The van der Waals surface area contributed by atoms with Gasteiger partial charge < -0.3 is 15.4 Å². The van der Waals surface area contributed by atoms with Crippen LogP contribution in [0.4, 0.5) is 0 Å². The summed E-state index contributed by atoms with van der Waals surface area (Å²) >= 11 is 0. The number of hydrogen-bond acceptors (Lipinski definition) is 3. The molecule has 4 heteroatoms. The Kier molecular flexibility index (Phi) is 5.85. The molecule has 0 aromatic rings. The van der Waals surface area contributed by atoms with Crippen LogP contribution < -0.4 is 10.6 Å². The van der Waals surface area contributed by atoms with E-state index >= 15 is 0 Å². The Morgan fingerprint density at radius 1 is 1.35 bits per heavy atom. The summed E-state index contributed by atoms with van der Waals surface area (Å²) in [7, 11) is 0. The summed E-state index contributed by atoms with van der Waals surface area (Å²) in [5.74, 6) is 0.777. The average Bonchev–Trinajstić information content (AvgIpc) is 2.67. The summed E-state index contributed by atoms with van der Waals surface area (Å²) in [6.45, 7) is 7.97. The molecule has 2 N–H and O–H groups in total. The van der Waals surface area contributed by atoms with Gasteiger partial charge in [0.1, 0.15) is 0 Å². The molecule has 2 aliphatic rings. The summed E-state index contributed by atoms with van der Waals surface area (Å²) in [6, 6.07) is 0. The van der Waals surface area contributed by atoms with E-state index in [2.05, 4.69) is 24.5 Å². The van der Waals surface area contributed by atoms with Crippen molar-refractivity contribution < 1.29 is 9.53 Å². The molecular formula is C16H30N2O2. The maximum absolute atomic E-state index is 12.0. The van der Waals surface area contributed by atoms with Gasteiger partial charge in [0.05, 0.1) is 6.10 Å². The van der Waals surface area contributed by atoms with Crippen molar-refractivity contribution in [2.45, 2.75) is 58.5 Å². The Balaban J connectivity index is 1.63. The first kappa shape index (κ1) is 15.8. The number of hydrogen-bond donors (Lipinski definition) is 2. The van der Waals surface area contributed by atoms with Crippen molar-refractivity contribution >= 4 is 5.91 Å². The SMILES string of the molecule is CC1(C)CCC(CC(=O)NCC2CNCCCO2)CC1. The third-order valence-electron chi connectivity index (χ3n) is 4.68. The second kappa shape index (κ2) is 7.41. The number of carbonyl (C=O) groups is 1. The molecule has 116 valence electrons. The van der Waals surface area contributed by atoms with Gasteiger partial charge in [0.2, 0.25) is 5.91 Å². The van der Waals surface area contributed by atoms with Gasteiger partial charge in [-0.1, -0.05) is 13.8 Å². The lowest BCUT2D eigenvalue weighted by Gasteiger charge is -2.34. The van der Waals surface area contributed by atoms with Crippen LogP contribution in [-0.2, 0) is 9.53 Å². The maximum Gasteiger partial charge on any atom is 0.220 e. The summed E-state index contributed by atoms with van der Waals surface area (Å²) < 4.78 is 5.69. The van der Waals surface area contributed by atoms with Gasteiger partial charge in [0, 0.05) is 26.1 Å². The van der Waals surface area contributed by atoms with Crippen LogP contribution in [0.1, 0.15) is 52.4 Å². The Morgan fingerprint density at radius 2 is 2.10 bits per heavy atom. The highest BCUT2D eigenvalue weighted by Crippen LogP contribution is 2.39. The highest BCUT2D eigenvalue weighted by atomic mass is 16.5. The zero-order valence-corrected chi connectivity index (χ0v) is 13.0. The summed E-state index contributed by atoms with van der Waals surface area (Å²) in [5.41, 5.74) is 0.479. The summed E-state index contributed by atoms with van der Waals surface area (Å²) in [4.78, 5) is 12.0. The monoisotopic (exact) mass is 282 g/mol. The molecule has 1 unspecified atom stereocenters. The lowest BCUT2D eigenvalue weighted by molar-refractivity contribution is -0.123. The molecule has 1 saturated heterocycles. The van der Waals surface area contributed by atoms with E-state index in [1.807, 2.05) is 0 Å². The second-order valence-corrected chi connectivity index (χ2v) is 7.17. The maximum atomic E-state index is 12.0. The van der Waals surface area contributed by atoms with Crippen molar-refractivity contribution in [2.24, 2.45) is 11.3 Å². The Morgan fingerprint density at radius 3 is 2.85 bits per heavy atom. The molecule has 1 aliphatic carbocycles. The topological polar surface area (TPSA) is 50.4 Å². The Bertz CT molecular complexity index is 300. The second-order valence-electron chi connectivity index (χ2n) is 7.17. The number of rotatable bonds is 4. The average molecular weight is 282 g/mol. The van der Waals surface area contributed by atoms with Crippen LogP contribution in [0.3, 0.4) is 0 Å². The van der Waals surface area contributed by atoms with E-state index in [1.54, 1.807) is 0 Å². The van der Waals surface area contributed by atoms with Crippen LogP contribution in [0.2, 0.25) is 0 Å². The van der Waals surface area contributed by atoms with Crippen LogP contribution in [0, 0.1) is 11.3 Å². The van der Waals surface area contributed by atoms with Gasteiger partial charge in [0.15, 0.2) is 0 Å². The molecular weight excluding hydrogens is 252 g/mol. The van der Waals surface area contributed by atoms with E-state index in [0.717, 1.165) is 26.1 Å². The molecule has 2 rings (SSSR count). The first-order valence-electron chi connectivity index (χ1n) is 8.14. The fourth-order valence-corrected chi connectivity index (χ4v) is 3.13. The number of carbonyl (C=O) groups excluding carboxylic acids is 1. The smallest absolute Gasteiger partial charge is 0.220 e. The minimum Gasteiger partial charge on any atom is -0.375 e. The molecule has 0 bridgehead atoms. The third-order valence-corrected chi connectivity index (χ3v) is 4.68. The molecule has 0 aromatic heterocycles. The van der Waals surface area contributed by atoms with E-state index in [4.69, 9.17) is 4.74 Å². The van der Waals surface area contributed by atoms with Crippen LogP contribution in [0.25, 0.3) is 0 Å². The summed E-state index contributed by atoms with van der Waals surface area (Å²) in [6.07, 6.45) is 6.77. The molecule has 20 heavy (non-hydrogen) atoms. The standard InChI is InChI=1S/C16H30N2O2/c1-16(2)6-4-13(5-7-16)10-15(19)18-12-14-11-17-8-3-9-20-14/h13-14,17H,3-12H2,1-2H3,(H,18,19). The van der Waals surface area contributed by atoms with Crippen molar-refractivity contribution in [3.05, 3.63) is 0 Å². The highest BCUT2D eigenvalue weighted by molar-refractivity contribution is 5.76. The van der Waals surface area contributed by atoms with Gasteiger partial charge >= 0.3 is 0 Å². The lowest BCUT2D eigenvalue weighted by Crippen LogP contribution is -2.39. The molecule has 1 aliphatic heterocycles. The number of ether oxygens (including phenoxy) is 1. The summed E-state index contributed by atoms with van der Waals surface area (Å²) in [5, 5.41) is 6.38. The fraction of sp³-hybridized carbons (Fsp3) is 0.938. The van der Waals surface area contributed by atoms with Gasteiger partial charge in [-0.05, 0) is 50.0 Å². The molecule has 1 amide bonds. The van der Waals surface area contributed by atoms with E-state index in [9.17, 15) is 4.79 Å². The predicted molar refractivity (Wildman–Crippen MR) is 80.6 cm³/mol. The predicted octanol–water partition coefficient (Wildman–Crippen LogP) is 2.09. The van der Waals surface area contributed by atoms with E-state index in [0.29, 0.717) is 24.3 Å². The number of nitrogens with one attached hydrogen (secondary N) is 2. The minimum atomic E-state index is 0.131. The zero-order chi connectivity index (χ0) is 14.4. The van der Waals surface area contributed by atoms with Gasteiger partial charge in [-0.15, -0.1) is 0 Å². The van der Waals surface area contributed by atoms with Crippen molar-refractivity contribution in [1.82, 2.24) is 10.6 Å². The Hall–Kier alpha value is -0.610. The molecule has 4 nitrogen and oxygen atoms in total. The van der Waals surface area contributed by atoms with Crippen molar-refractivity contribution in [2.75, 3.05) is 26.2 Å². The van der Waals surface area contributed by atoms with Crippen molar-refractivity contribution in [1.29, 1.82) is 0 Å². The van der Waals surface area contributed by atoms with Crippen molar-refractivity contribution in [3.63, 3.8) is 0 Å². The third kappa shape index (κ3) is 5.41. The molecule has 0 spiro atoms. The first-order chi connectivity index (χ1) is 9.55. The van der Waals surface area contributed by atoms with E-state index in [-0.39, 0.29) is 12.0 Å². The molecule has 2 fully saturated rings. The first-order valence-corrected chi connectivity index (χ1v) is 8.14.